The molecule has 0 bridgehead atoms. The Morgan fingerprint density at radius 3 is 2.54 bits per heavy atom. The predicted molar refractivity (Wildman–Crippen MR) is 93.5 cm³/mol. The number of benzene rings is 2. The molecule has 1 heterocycles. The van der Waals surface area contributed by atoms with Crippen molar-refractivity contribution in [1.82, 2.24) is 0 Å². The van der Waals surface area contributed by atoms with Crippen molar-refractivity contribution in [2.75, 3.05) is 11.4 Å². The van der Waals surface area contributed by atoms with Gasteiger partial charge in [0.2, 0.25) is 5.91 Å². The van der Waals surface area contributed by atoms with E-state index in [1.54, 1.807) is 0 Å². The highest BCUT2D eigenvalue weighted by atomic mass is 16.3. The van der Waals surface area contributed by atoms with E-state index in [0.717, 1.165) is 30.6 Å². The summed E-state index contributed by atoms with van der Waals surface area (Å²) in [7, 11) is 0. The molecule has 3 N–H and O–H groups in total. The smallest absolute Gasteiger partial charge is 0.243 e. The molecule has 2 aromatic carbocycles. The molecule has 2 aliphatic rings. The minimum atomic E-state index is -0.790. The summed E-state index contributed by atoms with van der Waals surface area (Å²) >= 11 is 0. The lowest BCUT2D eigenvalue weighted by Crippen LogP contribution is -2.68. The summed E-state index contributed by atoms with van der Waals surface area (Å²) in [4.78, 5) is 14.7. The molecule has 4 rings (SSSR count). The van der Waals surface area contributed by atoms with Crippen molar-refractivity contribution >= 4 is 11.6 Å². The normalized spacial score (nSPS) is 26.5. The molecular formula is C20H22N2O2. The van der Waals surface area contributed by atoms with E-state index >= 15 is 0 Å². The van der Waals surface area contributed by atoms with Gasteiger partial charge in [-0.3, -0.25) is 4.79 Å². The van der Waals surface area contributed by atoms with Gasteiger partial charge in [-0.2, -0.15) is 0 Å². The number of amides is 1. The molecule has 1 aliphatic heterocycles. The third-order valence-corrected chi connectivity index (χ3v) is 5.77. The fourth-order valence-electron chi connectivity index (χ4n) is 4.41. The van der Waals surface area contributed by atoms with Crippen LogP contribution in [0.3, 0.4) is 0 Å². The lowest BCUT2D eigenvalue weighted by atomic mass is 9.61. The van der Waals surface area contributed by atoms with Crippen LogP contribution in [0.25, 0.3) is 0 Å². The van der Waals surface area contributed by atoms with Crippen LogP contribution in [0.15, 0.2) is 54.6 Å². The molecule has 1 aliphatic carbocycles. The summed E-state index contributed by atoms with van der Waals surface area (Å²) < 4.78 is 0. The van der Waals surface area contributed by atoms with E-state index in [1.807, 2.05) is 42.5 Å². The monoisotopic (exact) mass is 322 g/mol. The molecule has 0 spiro atoms. The van der Waals surface area contributed by atoms with Gasteiger partial charge in [0.25, 0.3) is 0 Å². The number of fused-ring (bicyclic) bond motifs is 1. The average Bonchev–Trinajstić information content (AvgIpc) is 2.99. The highest BCUT2D eigenvalue weighted by molar-refractivity contribution is 5.91. The Kier molecular flexibility index (Phi) is 3.57. The molecule has 2 aromatic rings. The summed E-state index contributed by atoms with van der Waals surface area (Å²) in [5, 5.41) is 10.9. The molecule has 0 radical (unpaired) electrons. The van der Waals surface area contributed by atoms with Gasteiger partial charge in [0, 0.05) is 18.2 Å². The maximum absolute atomic E-state index is 12.5. The number of nitrogens with two attached hydrogens (primary N) is 1. The summed E-state index contributed by atoms with van der Waals surface area (Å²) in [6.45, 7) is 0.778. The number of hydrogen-bond acceptors (Lipinski definition) is 3. The number of primary amides is 1. The van der Waals surface area contributed by atoms with Crippen LogP contribution in [0.5, 0.6) is 0 Å². The highest BCUT2D eigenvalue weighted by Crippen LogP contribution is 2.52. The van der Waals surface area contributed by atoms with Gasteiger partial charge in [0.1, 0.15) is 5.54 Å². The van der Waals surface area contributed by atoms with E-state index in [1.165, 1.54) is 5.56 Å². The minimum Gasteiger partial charge on any atom is -0.388 e. The zero-order valence-electron chi connectivity index (χ0n) is 13.6. The number of aliphatic hydroxyl groups is 1. The molecule has 1 fully saturated rings. The Morgan fingerprint density at radius 1 is 1.17 bits per heavy atom. The Hall–Kier alpha value is -2.33. The number of rotatable bonds is 4. The summed E-state index contributed by atoms with van der Waals surface area (Å²) in [6, 6.07) is 17.7. The van der Waals surface area contributed by atoms with E-state index in [4.69, 9.17) is 5.73 Å². The zero-order valence-corrected chi connectivity index (χ0v) is 13.6. The molecule has 1 saturated carbocycles. The van der Waals surface area contributed by atoms with E-state index in [-0.39, 0.29) is 11.8 Å². The van der Waals surface area contributed by atoms with Crippen LogP contribution in [0.4, 0.5) is 5.69 Å². The van der Waals surface area contributed by atoms with Gasteiger partial charge in [-0.1, -0.05) is 48.5 Å². The fourth-order valence-corrected chi connectivity index (χ4v) is 4.41. The van der Waals surface area contributed by atoms with Crippen LogP contribution in [0.2, 0.25) is 0 Å². The molecule has 3 unspecified atom stereocenters. The van der Waals surface area contributed by atoms with E-state index in [9.17, 15) is 9.90 Å². The van der Waals surface area contributed by atoms with Crippen molar-refractivity contribution in [3.63, 3.8) is 0 Å². The summed E-state index contributed by atoms with van der Waals surface area (Å²) in [6.07, 6.45) is 1.74. The number of para-hydroxylation sites is 1. The van der Waals surface area contributed by atoms with Gasteiger partial charge in [-0.05, 0) is 36.5 Å². The quantitative estimate of drug-likeness (QED) is 0.908. The molecule has 4 nitrogen and oxygen atoms in total. The highest BCUT2D eigenvalue weighted by Gasteiger charge is 2.59. The number of nitrogens with zero attached hydrogens (tertiary/aromatic N) is 1. The van der Waals surface area contributed by atoms with E-state index in [0.29, 0.717) is 6.42 Å². The summed E-state index contributed by atoms with van der Waals surface area (Å²) in [5.41, 5.74) is 8.27. The molecule has 0 saturated heterocycles. The number of hydrogen-bond donors (Lipinski definition) is 2. The van der Waals surface area contributed by atoms with Gasteiger partial charge in [0.15, 0.2) is 0 Å². The summed E-state index contributed by atoms with van der Waals surface area (Å²) in [5.74, 6) is -0.506. The molecule has 3 atom stereocenters. The Morgan fingerprint density at radius 2 is 1.88 bits per heavy atom. The third-order valence-electron chi connectivity index (χ3n) is 5.77. The van der Waals surface area contributed by atoms with Crippen LogP contribution in [-0.4, -0.2) is 23.1 Å². The van der Waals surface area contributed by atoms with Crippen molar-refractivity contribution < 1.29 is 9.90 Å². The largest absolute Gasteiger partial charge is 0.388 e. The first-order chi connectivity index (χ1) is 11.6. The standard InChI is InChI=1S/C20H22N2O2/c21-19(24)20(22-13-11-14-6-4-5-9-17(14)22)12-10-16(20)18(23)15-7-2-1-3-8-15/h1-9,16,18,23H,10-13H2,(H2,21,24). The van der Waals surface area contributed by atoms with E-state index < -0.39 is 11.6 Å². The maximum atomic E-state index is 12.5. The molecule has 24 heavy (non-hydrogen) atoms. The maximum Gasteiger partial charge on any atom is 0.243 e. The fraction of sp³-hybridized carbons (Fsp3) is 0.350. The van der Waals surface area contributed by atoms with Crippen molar-refractivity contribution in [3.8, 4) is 0 Å². The SMILES string of the molecule is NC(=O)C1(N2CCc3ccccc32)CCC1C(O)c1ccccc1. The molecular weight excluding hydrogens is 300 g/mol. The third kappa shape index (κ3) is 2.06. The Labute approximate surface area is 141 Å². The minimum absolute atomic E-state index is 0.177. The molecule has 1 amide bonds. The second kappa shape index (κ2) is 5.64. The zero-order chi connectivity index (χ0) is 16.7. The van der Waals surface area contributed by atoms with Gasteiger partial charge < -0.3 is 15.7 Å². The lowest BCUT2D eigenvalue weighted by molar-refractivity contribution is -0.134. The second-order valence-corrected chi connectivity index (χ2v) is 6.82. The van der Waals surface area contributed by atoms with E-state index in [2.05, 4.69) is 17.0 Å². The number of anilines is 1. The van der Waals surface area contributed by atoms with Crippen LogP contribution in [-0.2, 0) is 11.2 Å². The van der Waals surface area contributed by atoms with Gasteiger partial charge in [-0.15, -0.1) is 0 Å². The van der Waals surface area contributed by atoms with Gasteiger partial charge >= 0.3 is 0 Å². The first-order valence-corrected chi connectivity index (χ1v) is 8.53. The van der Waals surface area contributed by atoms with Crippen molar-refractivity contribution in [3.05, 3.63) is 65.7 Å². The topological polar surface area (TPSA) is 66.6 Å². The average molecular weight is 322 g/mol. The van der Waals surface area contributed by atoms with Gasteiger partial charge in [0.05, 0.1) is 6.10 Å². The predicted octanol–water partition coefficient (Wildman–Crippen LogP) is 2.42. The second-order valence-electron chi connectivity index (χ2n) is 6.82. The van der Waals surface area contributed by atoms with Crippen LogP contribution < -0.4 is 10.6 Å². The van der Waals surface area contributed by atoms with Crippen molar-refractivity contribution in [2.45, 2.75) is 30.9 Å². The first kappa shape index (κ1) is 15.2. The van der Waals surface area contributed by atoms with Gasteiger partial charge in [-0.25, -0.2) is 0 Å². The van der Waals surface area contributed by atoms with Crippen molar-refractivity contribution in [2.24, 2.45) is 11.7 Å². The van der Waals surface area contributed by atoms with Crippen LogP contribution in [0.1, 0.15) is 30.1 Å². The Balaban J connectivity index is 1.72. The van der Waals surface area contributed by atoms with Crippen molar-refractivity contribution in [1.29, 1.82) is 0 Å². The number of carbonyl (C=O) groups excluding carboxylic acids is 1. The molecule has 4 heteroatoms. The van der Waals surface area contributed by atoms with Crippen LogP contribution >= 0.6 is 0 Å². The molecule has 0 aromatic heterocycles. The molecule has 124 valence electrons. The number of carbonyl (C=O) groups is 1. The lowest BCUT2D eigenvalue weighted by Gasteiger charge is -2.55. The Bertz CT molecular complexity index is 761. The first-order valence-electron chi connectivity index (χ1n) is 8.53. The number of aliphatic hydroxyl groups excluding tert-OH is 1. The van der Waals surface area contributed by atoms with Crippen LogP contribution in [0, 0.1) is 5.92 Å².